The molecule has 1 atom stereocenters. The lowest BCUT2D eigenvalue weighted by atomic mass is 10.3. The molecule has 2 heteroatoms. The van der Waals surface area contributed by atoms with Gasteiger partial charge in [-0.25, -0.2) is 0 Å². The third-order valence-corrected chi connectivity index (χ3v) is 0.814. The van der Waals surface area contributed by atoms with Gasteiger partial charge in [-0.15, -0.1) is 0 Å². The first-order valence-corrected chi connectivity index (χ1v) is 2.19. The molecule has 0 bridgehead atoms. The van der Waals surface area contributed by atoms with Crippen LogP contribution in [0.5, 0.6) is 0 Å². The molecule has 2 nitrogen and oxygen atoms in total. The third kappa shape index (κ3) is 2.18. The van der Waals surface area contributed by atoms with Gasteiger partial charge in [-0.1, -0.05) is 13.8 Å². The molecule has 0 radical (unpaired) electrons. The maximum atomic E-state index is 9.61. The van der Waals surface area contributed by atoms with Crippen LogP contribution in [0.3, 0.4) is 0 Å². The van der Waals surface area contributed by atoms with Crippen molar-refractivity contribution in [3.8, 4) is 0 Å². The summed E-state index contributed by atoms with van der Waals surface area (Å²) in [5, 5.41) is 9.61. The second-order valence-electron chi connectivity index (χ2n) is 1.43. The Balaban J connectivity index is 2.75. The van der Waals surface area contributed by atoms with E-state index >= 15 is 0 Å². The summed E-state index contributed by atoms with van der Waals surface area (Å²) < 4.78 is 0. The van der Waals surface area contributed by atoms with Crippen LogP contribution in [0, 0.1) is 5.21 Å². The second-order valence-corrected chi connectivity index (χ2v) is 1.43. The van der Waals surface area contributed by atoms with Crippen molar-refractivity contribution in [3.05, 3.63) is 5.21 Å². The minimum atomic E-state index is 0.130. The molecular weight excluding hydrogens is 78.0 g/mol. The number of nitrogens with one attached hydrogen (secondary N) is 1. The van der Waals surface area contributed by atoms with Crippen molar-refractivity contribution in [2.75, 3.05) is 0 Å². The molecule has 0 rings (SSSR count). The lowest BCUT2D eigenvalue weighted by Crippen LogP contribution is -2.17. The smallest absolute Gasteiger partial charge is 0.00825 e. The Morgan fingerprint density at radius 2 is 2.33 bits per heavy atom. The van der Waals surface area contributed by atoms with E-state index in [4.69, 9.17) is 0 Å². The first-order valence-electron chi connectivity index (χ1n) is 2.19. The van der Waals surface area contributed by atoms with Crippen molar-refractivity contribution in [2.24, 2.45) is 0 Å². The van der Waals surface area contributed by atoms with Crippen molar-refractivity contribution < 1.29 is 0 Å². The molecule has 0 aromatic heterocycles. The van der Waals surface area contributed by atoms with E-state index in [0.29, 0.717) is 0 Å². The lowest BCUT2D eigenvalue weighted by Gasteiger charge is -2.13. The van der Waals surface area contributed by atoms with Crippen LogP contribution < -0.4 is 5.48 Å². The van der Waals surface area contributed by atoms with Gasteiger partial charge in [0.25, 0.3) is 0 Å². The van der Waals surface area contributed by atoms with Gasteiger partial charge in [0.1, 0.15) is 0 Å². The Bertz CT molecular complexity index is 26.7. The summed E-state index contributed by atoms with van der Waals surface area (Å²) in [6.07, 6.45) is 0.906. The Kier molecular flexibility index (Phi) is 3.08. The predicted molar refractivity (Wildman–Crippen MR) is 26.3 cm³/mol. The standard InChI is InChI=1S/C4H10NO/c1-3-4(2)5-6/h4-5H,3H2,1-2H3/q-1. The molecule has 0 spiro atoms. The second kappa shape index (κ2) is 3.12. The Morgan fingerprint density at radius 1 is 1.83 bits per heavy atom. The third-order valence-electron chi connectivity index (χ3n) is 0.814. The molecule has 0 amide bonds. The summed E-state index contributed by atoms with van der Waals surface area (Å²) in [5.74, 6) is 0. The van der Waals surface area contributed by atoms with Gasteiger partial charge in [-0.05, 0) is 12.5 Å². The van der Waals surface area contributed by atoms with Crippen LogP contribution in [0.15, 0.2) is 0 Å². The highest BCUT2D eigenvalue weighted by atomic mass is 16.5. The first kappa shape index (κ1) is 5.92. The van der Waals surface area contributed by atoms with Crippen molar-refractivity contribution in [1.82, 2.24) is 5.48 Å². The quantitative estimate of drug-likeness (QED) is 0.508. The van der Waals surface area contributed by atoms with Gasteiger partial charge in [-0.2, -0.15) is 0 Å². The van der Waals surface area contributed by atoms with E-state index in [-0.39, 0.29) is 6.04 Å². The molecule has 0 heterocycles. The molecule has 0 saturated heterocycles. The molecule has 0 aliphatic rings. The van der Waals surface area contributed by atoms with Crippen LogP contribution in [0.1, 0.15) is 20.3 Å². The Labute approximate surface area is 38.1 Å². The topological polar surface area (TPSA) is 35.1 Å². The van der Waals surface area contributed by atoms with Gasteiger partial charge in [0.2, 0.25) is 0 Å². The molecule has 0 fully saturated rings. The predicted octanol–water partition coefficient (Wildman–Crippen LogP) is 0.872. The van der Waals surface area contributed by atoms with E-state index in [2.05, 4.69) is 0 Å². The fourth-order valence-electron chi connectivity index (χ4n) is 0.0833. The molecule has 0 saturated carbocycles. The van der Waals surface area contributed by atoms with Crippen LogP contribution in [-0.2, 0) is 0 Å². The summed E-state index contributed by atoms with van der Waals surface area (Å²) in [6.45, 7) is 3.82. The minimum absolute atomic E-state index is 0.130. The van der Waals surface area contributed by atoms with Crippen LogP contribution >= 0.6 is 0 Å². The molecule has 1 unspecified atom stereocenters. The van der Waals surface area contributed by atoms with E-state index in [1.807, 2.05) is 19.3 Å². The summed E-state index contributed by atoms with van der Waals surface area (Å²) in [4.78, 5) is 0. The maximum Gasteiger partial charge on any atom is -0.00825 e. The van der Waals surface area contributed by atoms with Crippen molar-refractivity contribution in [2.45, 2.75) is 26.3 Å². The molecule has 0 aliphatic carbocycles. The number of hydrogen-bond donors (Lipinski definition) is 1. The van der Waals surface area contributed by atoms with Crippen molar-refractivity contribution in [1.29, 1.82) is 0 Å². The SMILES string of the molecule is CCC(C)N[O-]. The van der Waals surface area contributed by atoms with E-state index in [0.717, 1.165) is 6.42 Å². The Morgan fingerprint density at radius 3 is 2.33 bits per heavy atom. The normalized spacial score (nSPS) is 14.5. The fraction of sp³-hybridized carbons (Fsp3) is 1.00. The zero-order chi connectivity index (χ0) is 4.99. The van der Waals surface area contributed by atoms with Crippen LogP contribution in [-0.4, -0.2) is 6.04 Å². The molecular formula is C4H10NO-. The molecule has 38 valence electrons. The van der Waals surface area contributed by atoms with Gasteiger partial charge in [0, 0.05) is 0 Å². The zero-order valence-corrected chi connectivity index (χ0v) is 4.19. The van der Waals surface area contributed by atoms with Crippen LogP contribution in [0.4, 0.5) is 0 Å². The average Bonchev–Trinajstić information content (AvgIpc) is 1.65. The summed E-state index contributed by atoms with van der Waals surface area (Å²) in [7, 11) is 0. The lowest BCUT2D eigenvalue weighted by molar-refractivity contribution is 0.621. The number of rotatable bonds is 2. The number of hydrogen-bond acceptors (Lipinski definition) is 2. The van der Waals surface area contributed by atoms with Gasteiger partial charge < -0.3 is 10.7 Å². The average molecular weight is 88.1 g/mol. The van der Waals surface area contributed by atoms with Crippen molar-refractivity contribution in [3.63, 3.8) is 0 Å². The van der Waals surface area contributed by atoms with Crippen LogP contribution in [0.2, 0.25) is 0 Å². The molecule has 0 aliphatic heterocycles. The van der Waals surface area contributed by atoms with E-state index in [1.165, 1.54) is 0 Å². The van der Waals surface area contributed by atoms with Gasteiger partial charge in [-0.3, -0.25) is 0 Å². The van der Waals surface area contributed by atoms with Gasteiger partial charge in [0.05, 0.1) is 0 Å². The number of hydroxylamine groups is 1. The first-order chi connectivity index (χ1) is 2.81. The summed E-state index contributed by atoms with van der Waals surface area (Å²) >= 11 is 0. The van der Waals surface area contributed by atoms with Gasteiger partial charge in [0.15, 0.2) is 0 Å². The van der Waals surface area contributed by atoms with Crippen molar-refractivity contribution >= 4 is 0 Å². The van der Waals surface area contributed by atoms with E-state index in [9.17, 15) is 5.21 Å². The van der Waals surface area contributed by atoms with E-state index < -0.39 is 0 Å². The van der Waals surface area contributed by atoms with E-state index in [1.54, 1.807) is 0 Å². The largest absolute Gasteiger partial charge is 0.788 e. The molecule has 0 aromatic carbocycles. The molecule has 1 N–H and O–H groups in total. The minimum Gasteiger partial charge on any atom is -0.788 e. The summed E-state index contributed by atoms with van der Waals surface area (Å²) in [6, 6.07) is 0.130. The molecule has 6 heavy (non-hydrogen) atoms. The highest BCUT2D eigenvalue weighted by Crippen LogP contribution is 1.82. The molecule has 0 aromatic rings. The fourth-order valence-corrected chi connectivity index (χ4v) is 0.0833. The zero-order valence-electron chi connectivity index (χ0n) is 4.19. The Hall–Kier alpha value is -0.0800. The van der Waals surface area contributed by atoms with Gasteiger partial charge >= 0.3 is 0 Å². The summed E-state index contributed by atoms with van der Waals surface area (Å²) in [5.41, 5.74) is 1.86. The highest BCUT2D eigenvalue weighted by Gasteiger charge is 1.82. The monoisotopic (exact) mass is 88.1 g/mol. The maximum absolute atomic E-state index is 9.61. The van der Waals surface area contributed by atoms with Crippen LogP contribution in [0.25, 0.3) is 0 Å². The highest BCUT2D eigenvalue weighted by molar-refractivity contribution is 4.54.